The molecule has 39 heavy (non-hydrogen) atoms. The Morgan fingerprint density at radius 2 is 1.79 bits per heavy atom. The van der Waals surface area contributed by atoms with E-state index in [1.54, 1.807) is 23.6 Å². The van der Waals surface area contributed by atoms with Crippen molar-refractivity contribution in [2.75, 3.05) is 4.72 Å². The number of nitrogens with one attached hydrogen (secondary N) is 2. The third kappa shape index (κ3) is 6.16. The number of hydrogen-bond acceptors (Lipinski definition) is 8. The van der Waals surface area contributed by atoms with E-state index in [0.717, 1.165) is 15.4 Å². The van der Waals surface area contributed by atoms with Crippen molar-refractivity contribution in [1.82, 2.24) is 24.1 Å². The van der Waals surface area contributed by atoms with Gasteiger partial charge in [-0.3, -0.25) is 5.32 Å². The molecule has 2 unspecified atom stereocenters. The highest BCUT2D eigenvalue weighted by Crippen LogP contribution is 2.32. The van der Waals surface area contributed by atoms with Gasteiger partial charge in [0.05, 0.1) is 23.3 Å². The number of anilines is 1. The van der Waals surface area contributed by atoms with Gasteiger partial charge in [-0.05, 0) is 43.3 Å². The second kappa shape index (κ2) is 10.6. The zero-order valence-corrected chi connectivity index (χ0v) is 21.7. The van der Waals surface area contributed by atoms with Gasteiger partial charge in [0.2, 0.25) is 0 Å². The van der Waals surface area contributed by atoms with Crippen LogP contribution >= 0.6 is 11.3 Å². The summed E-state index contributed by atoms with van der Waals surface area (Å²) in [5.74, 6) is -0.0687. The monoisotopic (exact) mass is 578 g/mol. The fourth-order valence-electron chi connectivity index (χ4n) is 3.80. The van der Waals surface area contributed by atoms with Crippen LogP contribution in [0.1, 0.15) is 24.9 Å². The van der Waals surface area contributed by atoms with E-state index in [1.165, 1.54) is 36.7 Å². The molecule has 3 heterocycles. The number of thiazole rings is 1. The molecule has 204 valence electrons. The third-order valence-corrected chi connectivity index (χ3v) is 7.56. The van der Waals surface area contributed by atoms with E-state index in [-0.39, 0.29) is 22.6 Å². The van der Waals surface area contributed by atoms with Crippen LogP contribution in [0.25, 0.3) is 10.9 Å². The van der Waals surface area contributed by atoms with Crippen LogP contribution in [-0.2, 0) is 10.2 Å². The molecular formula is C24H21F3N6O4S2. The van der Waals surface area contributed by atoms with Crippen molar-refractivity contribution in [3.05, 3.63) is 90.3 Å². The van der Waals surface area contributed by atoms with E-state index in [2.05, 4.69) is 24.9 Å². The molecule has 15 heteroatoms. The second-order valence-corrected chi connectivity index (χ2v) is 10.6. The highest BCUT2D eigenvalue weighted by molar-refractivity contribution is 7.91. The molecule has 10 nitrogen and oxygen atoms in total. The van der Waals surface area contributed by atoms with Crippen LogP contribution in [0.4, 0.5) is 18.3 Å². The summed E-state index contributed by atoms with van der Waals surface area (Å²) in [6.07, 6.45) is 0.586. The normalized spacial score (nSPS) is 13.7. The van der Waals surface area contributed by atoms with E-state index in [9.17, 15) is 21.6 Å². The van der Waals surface area contributed by atoms with Gasteiger partial charge in [-0.15, -0.1) is 28.6 Å². The van der Waals surface area contributed by atoms with E-state index < -0.39 is 22.8 Å². The molecule has 2 N–H and O–H groups in total. The number of halogens is 3. The SMILES string of the molecule is CC(NC(Oc1cccc2c1cnn2S(=O)(=O)Nc1nccs1)c1ccc(OC(F)(F)F)cc1)n1cccc1. The zero-order valence-electron chi connectivity index (χ0n) is 20.1. The highest BCUT2D eigenvalue weighted by atomic mass is 32.2. The molecule has 0 bridgehead atoms. The maximum Gasteiger partial charge on any atom is 0.573 e. The topological polar surface area (TPSA) is 112 Å². The Morgan fingerprint density at radius 3 is 2.46 bits per heavy atom. The summed E-state index contributed by atoms with van der Waals surface area (Å²) in [6.45, 7) is 1.88. The Hall–Kier alpha value is -4.08. The van der Waals surface area contributed by atoms with Gasteiger partial charge >= 0.3 is 16.6 Å². The van der Waals surface area contributed by atoms with Gasteiger partial charge in [-0.2, -0.15) is 13.5 Å². The zero-order chi connectivity index (χ0) is 27.6. The molecule has 0 saturated heterocycles. The molecule has 0 aliphatic rings. The lowest BCUT2D eigenvalue weighted by molar-refractivity contribution is -0.274. The van der Waals surface area contributed by atoms with Crippen molar-refractivity contribution in [3.63, 3.8) is 0 Å². The highest BCUT2D eigenvalue weighted by Gasteiger charge is 2.31. The van der Waals surface area contributed by atoms with Gasteiger partial charge in [-0.25, -0.2) is 9.71 Å². The number of rotatable bonds is 10. The van der Waals surface area contributed by atoms with Gasteiger partial charge in [-0.1, -0.05) is 18.2 Å². The minimum Gasteiger partial charge on any atom is -0.470 e. The molecule has 0 fully saturated rings. The minimum absolute atomic E-state index is 0.187. The van der Waals surface area contributed by atoms with Gasteiger partial charge in [0.1, 0.15) is 11.5 Å². The number of benzene rings is 2. The maximum absolute atomic E-state index is 12.9. The van der Waals surface area contributed by atoms with E-state index in [1.807, 2.05) is 36.0 Å². The first-order valence-electron chi connectivity index (χ1n) is 11.4. The fraction of sp³-hybridized carbons (Fsp3) is 0.167. The van der Waals surface area contributed by atoms with Crippen LogP contribution in [0.2, 0.25) is 0 Å². The number of aromatic nitrogens is 4. The summed E-state index contributed by atoms with van der Waals surface area (Å²) >= 11 is 1.12. The molecule has 0 spiro atoms. The molecule has 0 aliphatic carbocycles. The van der Waals surface area contributed by atoms with Gasteiger partial charge in [0, 0.05) is 29.5 Å². The average molecular weight is 579 g/mol. The van der Waals surface area contributed by atoms with Crippen molar-refractivity contribution in [1.29, 1.82) is 0 Å². The molecule has 0 saturated carbocycles. The van der Waals surface area contributed by atoms with Gasteiger partial charge in [0.15, 0.2) is 11.4 Å². The summed E-state index contributed by atoms with van der Waals surface area (Å²) in [7, 11) is -4.11. The molecule has 2 atom stereocenters. The number of nitrogens with zero attached hydrogens (tertiary/aromatic N) is 4. The number of ether oxygens (including phenoxy) is 2. The smallest absolute Gasteiger partial charge is 0.470 e. The molecule has 0 amide bonds. The lowest BCUT2D eigenvalue weighted by Crippen LogP contribution is -2.31. The summed E-state index contributed by atoms with van der Waals surface area (Å²) in [4.78, 5) is 3.94. The van der Waals surface area contributed by atoms with Crippen molar-refractivity contribution in [2.45, 2.75) is 25.7 Å². The Labute approximate surface area is 224 Å². The molecule has 0 radical (unpaired) electrons. The summed E-state index contributed by atoms with van der Waals surface area (Å²) < 4.78 is 79.2. The molecule has 0 aliphatic heterocycles. The van der Waals surface area contributed by atoms with Crippen molar-refractivity contribution in [2.24, 2.45) is 0 Å². The van der Waals surface area contributed by atoms with Crippen molar-refractivity contribution in [3.8, 4) is 11.5 Å². The Bertz CT molecular complexity index is 1640. The van der Waals surface area contributed by atoms with Gasteiger partial charge in [0.25, 0.3) is 0 Å². The Morgan fingerprint density at radius 1 is 1.05 bits per heavy atom. The number of fused-ring (bicyclic) bond motifs is 1. The molecule has 2 aromatic carbocycles. The second-order valence-electron chi connectivity index (χ2n) is 8.21. The number of hydrogen-bond donors (Lipinski definition) is 2. The fourth-order valence-corrected chi connectivity index (χ4v) is 5.63. The molecule has 5 aromatic rings. The summed E-state index contributed by atoms with van der Waals surface area (Å²) in [5, 5.41) is 9.57. The quantitative estimate of drug-likeness (QED) is 0.217. The Kier molecular flexibility index (Phi) is 7.20. The van der Waals surface area contributed by atoms with E-state index >= 15 is 0 Å². The summed E-state index contributed by atoms with van der Waals surface area (Å²) in [5.41, 5.74) is 0.758. The predicted octanol–water partition coefficient (Wildman–Crippen LogP) is 5.28. The molecular weight excluding hydrogens is 557 g/mol. The molecule has 5 rings (SSSR count). The first-order chi connectivity index (χ1) is 18.6. The first kappa shape index (κ1) is 26.5. The lowest BCUT2D eigenvalue weighted by Gasteiger charge is -2.26. The first-order valence-corrected chi connectivity index (χ1v) is 13.7. The Balaban J connectivity index is 1.46. The van der Waals surface area contributed by atoms with E-state index in [0.29, 0.717) is 16.7 Å². The van der Waals surface area contributed by atoms with Crippen molar-refractivity contribution < 1.29 is 31.1 Å². The van der Waals surface area contributed by atoms with Gasteiger partial charge < -0.3 is 14.0 Å². The minimum atomic E-state index is -4.82. The lowest BCUT2D eigenvalue weighted by atomic mass is 10.1. The van der Waals surface area contributed by atoms with Crippen molar-refractivity contribution >= 4 is 37.6 Å². The average Bonchev–Trinajstić information content (AvgIpc) is 3.65. The predicted molar refractivity (Wildman–Crippen MR) is 139 cm³/mol. The largest absolute Gasteiger partial charge is 0.573 e. The van der Waals surface area contributed by atoms with Crippen LogP contribution in [0.3, 0.4) is 0 Å². The number of alkyl halides is 3. The van der Waals surface area contributed by atoms with Crippen LogP contribution in [0.15, 0.2) is 84.8 Å². The van der Waals surface area contributed by atoms with Crippen LogP contribution in [-0.4, -0.2) is 33.5 Å². The van der Waals surface area contributed by atoms with E-state index in [4.69, 9.17) is 4.74 Å². The van der Waals surface area contributed by atoms with Crippen LogP contribution in [0, 0.1) is 0 Å². The summed E-state index contributed by atoms with van der Waals surface area (Å²) in [6, 6.07) is 13.8. The van der Waals surface area contributed by atoms with Crippen LogP contribution in [0.5, 0.6) is 11.5 Å². The standard InChI is InChI=1S/C24H21F3N6O4S2/c1-16(32-12-2-3-13-32)30-22(17-7-9-18(10-8-17)37-24(25,26)27)36-21-6-4-5-20-19(21)15-29-33(20)39(34,35)31-23-28-11-14-38-23/h2-16,22,30H,1H3,(H,28,31). The molecule has 3 aromatic heterocycles. The maximum atomic E-state index is 12.9. The third-order valence-electron chi connectivity index (χ3n) is 5.55. The van der Waals surface area contributed by atoms with Crippen LogP contribution < -0.4 is 19.5 Å².